The highest BCUT2D eigenvalue weighted by Gasteiger charge is 1.50. The van der Waals surface area contributed by atoms with Crippen LogP contribution in [0.25, 0.3) is 0 Å². The van der Waals surface area contributed by atoms with Crippen LogP contribution in [0, 0.1) is 0 Å². The van der Waals surface area contributed by atoms with E-state index in [2.05, 4.69) is 0 Å². The fraction of sp³-hybridized carbons (Fsp3) is 0.400. The third kappa shape index (κ3) is 36.7. The smallest absolute Gasteiger partial charge is 0.145 e. The molecule has 0 aromatic carbocycles. The number of carbonyl (C=O) groups excluding carboxylic acids is 1. The number of hydrogen-bond acceptors (Lipinski definition) is 2. The lowest BCUT2D eigenvalue weighted by atomic mass is 10.7. The molecule has 0 fully saturated rings. The second kappa shape index (κ2) is 18.9. The Morgan fingerprint density at radius 3 is 1.86 bits per heavy atom. The van der Waals surface area contributed by atoms with E-state index < -0.39 is 0 Å². The Kier molecular flexibility index (Phi) is 25.7. The van der Waals surface area contributed by atoms with Gasteiger partial charge in [0.15, 0.2) is 0 Å². The third-order valence-electron chi connectivity index (χ3n) is 0.165. The van der Waals surface area contributed by atoms with E-state index in [1.807, 2.05) is 13.8 Å². The minimum atomic E-state index is 0.500. The number of rotatable bonds is 1. The average Bonchev–Trinajstić information content (AvgIpc) is 1.75. The predicted molar refractivity (Wildman–Crippen MR) is 29.2 cm³/mol. The van der Waals surface area contributed by atoms with Gasteiger partial charge in [-0.1, -0.05) is 13.8 Å². The van der Waals surface area contributed by atoms with Crippen molar-refractivity contribution in [3.8, 4) is 0 Å². The van der Waals surface area contributed by atoms with E-state index in [0.717, 1.165) is 6.08 Å². The largest absolute Gasteiger partial charge is 0.515 e. The Labute approximate surface area is 43.5 Å². The molecule has 0 heterocycles. The summed E-state index contributed by atoms with van der Waals surface area (Å²) in [7, 11) is 0. The summed E-state index contributed by atoms with van der Waals surface area (Å²) < 4.78 is 0. The maximum atomic E-state index is 9.16. The number of aldehydes is 1. The van der Waals surface area contributed by atoms with Crippen LogP contribution >= 0.6 is 0 Å². The van der Waals surface area contributed by atoms with Crippen molar-refractivity contribution in [3.05, 3.63) is 12.3 Å². The Hall–Kier alpha value is -0.790. The lowest BCUT2D eigenvalue weighted by Gasteiger charge is -1.54. The summed E-state index contributed by atoms with van der Waals surface area (Å²) in [6.07, 6.45) is 2.19. The minimum Gasteiger partial charge on any atom is -0.515 e. The molecule has 0 aromatic heterocycles. The fourth-order valence-electron chi connectivity index (χ4n) is 0.0351. The molecule has 0 spiro atoms. The summed E-state index contributed by atoms with van der Waals surface area (Å²) in [5.74, 6) is 0. The van der Waals surface area contributed by atoms with Crippen LogP contribution in [-0.2, 0) is 4.79 Å². The van der Waals surface area contributed by atoms with Gasteiger partial charge in [-0.3, -0.25) is 4.79 Å². The molecule has 0 atom stereocenters. The summed E-state index contributed by atoms with van der Waals surface area (Å²) in [6, 6.07) is 0. The molecule has 0 aliphatic heterocycles. The molecule has 0 amide bonds. The predicted octanol–water partition coefficient (Wildman–Crippen LogP) is 1.28. The first-order valence-electron chi connectivity index (χ1n) is 2.16. The van der Waals surface area contributed by atoms with Crippen molar-refractivity contribution >= 4 is 6.29 Å². The van der Waals surface area contributed by atoms with Crippen molar-refractivity contribution in [1.82, 2.24) is 0 Å². The van der Waals surface area contributed by atoms with Gasteiger partial charge in [-0.15, -0.1) is 0 Å². The van der Waals surface area contributed by atoms with Crippen molar-refractivity contribution in [2.24, 2.45) is 0 Å². The average molecular weight is 102 g/mol. The zero-order valence-corrected chi connectivity index (χ0v) is 4.59. The van der Waals surface area contributed by atoms with E-state index >= 15 is 0 Å². The molecule has 0 unspecified atom stereocenters. The summed E-state index contributed by atoms with van der Waals surface area (Å²) in [5, 5.41) is 7.65. The Morgan fingerprint density at radius 2 is 1.86 bits per heavy atom. The zero-order valence-electron chi connectivity index (χ0n) is 4.59. The van der Waals surface area contributed by atoms with Gasteiger partial charge in [-0.2, -0.15) is 0 Å². The molecule has 1 N–H and O–H groups in total. The molecule has 42 valence electrons. The van der Waals surface area contributed by atoms with Gasteiger partial charge in [0.05, 0.1) is 6.26 Å². The number of aliphatic hydroxyl groups is 1. The van der Waals surface area contributed by atoms with Crippen LogP contribution in [0.3, 0.4) is 0 Å². The van der Waals surface area contributed by atoms with Crippen LogP contribution in [0.2, 0.25) is 0 Å². The van der Waals surface area contributed by atoms with Crippen molar-refractivity contribution in [2.75, 3.05) is 0 Å². The number of aliphatic hydroxyl groups excluding tert-OH is 1. The van der Waals surface area contributed by atoms with Crippen molar-refractivity contribution < 1.29 is 9.90 Å². The zero-order chi connectivity index (χ0) is 6.12. The minimum absolute atomic E-state index is 0.500. The van der Waals surface area contributed by atoms with Crippen molar-refractivity contribution in [1.29, 1.82) is 0 Å². The highest BCUT2D eigenvalue weighted by Crippen LogP contribution is 1.49. The fourth-order valence-corrected chi connectivity index (χ4v) is 0.0351. The van der Waals surface area contributed by atoms with Crippen LogP contribution in [0.4, 0.5) is 0 Å². The molecule has 0 aromatic rings. The normalized spacial score (nSPS) is 7.14. The van der Waals surface area contributed by atoms with Gasteiger partial charge in [-0.05, 0) is 0 Å². The molecule has 0 bridgehead atoms. The van der Waals surface area contributed by atoms with Crippen LogP contribution in [0.5, 0.6) is 0 Å². The van der Waals surface area contributed by atoms with Crippen LogP contribution < -0.4 is 0 Å². The van der Waals surface area contributed by atoms with Crippen molar-refractivity contribution in [2.45, 2.75) is 13.8 Å². The number of allylic oxidation sites excluding steroid dienone is 1. The second-order valence-electron chi connectivity index (χ2n) is 0.478. The SMILES string of the molecule is CC.O=C/C=C\O. The van der Waals surface area contributed by atoms with Gasteiger partial charge in [-0.25, -0.2) is 0 Å². The first-order valence-corrected chi connectivity index (χ1v) is 2.16. The number of hydrogen-bond donors (Lipinski definition) is 1. The molecule has 0 radical (unpaired) electrons. The molecule has 0 aliphatic carbocycles. The van der Waals surface area contributed by atoms with E-state index in [9.17, 15) is 0 Å². The van der Waals surface area contributed by atoms with Gasteiger partial charge in [0, 0.05) is 6.08 Å². The first-order chi connectivity index (χ1) is 3.41. The van der Waals surface area contributed by atoms with Crippen LogP contribution in [0.1, 0.15) is 13.8 Å². The van der Waals surface area contributed by atoms with Crippen LogP contribution in [-0.4, -0.2) is 11.4 Å². The molecule has 0 aliphatic rings. The highest BCUT2D eigenvalue weighted by molar-refractivity contribution is 5.63. The second-order valence-corrected chi connectivity index (χ2v) is 0.478. The van der Waals surface area contributed by atoms with Gasteiger partial charge in [0.1, 0.15) is 6.29 Å². The third-order valence-corrected chi connectivity index (χ3v) is 0.165. The lowest BCUT2D eigenvalue weighted by molar-refractivity contribution is -0.104. The highest BCUT2D eigenvalue weighted by atomic mass is 16.2. The van der Waals surface area contributed by atoms with E-state index in [1.54, 1.807) is 0 Å². The van der Waals surface area contributed by atoms with Gasteiger partial charge in [0.2, 0.25) is 0 Å². The standard InChI is InChI=1S/C3H4O2.C2H6/c4-2-1-3-5;1-2/h1-4H;1-2H3/b2-1-;. The summed E-state index contributed by atoms with van der Waals surface area (Å²) in [5.41, 5.74) is 0. The quantitative estimate of drug-likeness (QED) is 0.307. The van der Waals surface area contributed by atoms with Gasteiger partial charge < -0.3 is 5.11 Å². The molecule has 2 heteroatoms. The van der Waals surface area contributed by atoms with E-state index in [-0.39, 0.29) is 0 Å². The van der Waals surface area contributed by atoms with Gasteiger partial charge >= 0.3 is 0 Å². The molecular weight excluding hydrogens is 92.1 g/mol. The molecule has 0 saturated heterocycles. The van der Waals surface area contributed by atoms with E-state index in [1.165, 1.54) is 0 Å². The topological polar surface area (TPSA) is 37.3 Å². The van der Waals surface area contributed by atoms with Crippen molar-refractivity contribution in [3.63, 3.8) is 0 Å². The summed E-state index contributed by atoms with van der Waals surface area (Å²) in [6.45, 7) is 4.00. The summed E-state index contributed by atoms with van der Waals surface area (Å²) in [4.78, 5) is 9.16. The Bertz CT molecular complexity index is 48.0. The summed E-state index contributed by atoms with van der Waals surface area (Å²) >= 11 is 0. The molecular formula is C5H10O2. The van der Waals surface area contributed by atoms with Crippen LogP contribution in [0.15, 0.2) is 12.3 Å². The van der Waals surface area contributed by atoms with E-state index in [0.29, 0.717) is 12.5 Å². The maximum Gasteiger partial charge on any atom is 0.145 e. The molecule has 2 nitrogen and oxygen atoms in total. The monoisotopic (exact) mass is 102 g/mol. The molecule has 0 rings (SSSR count). The molecule has 7 heavy (non-hydrogen) atoms. The Balaban J connectivity index is 0. The molecule has 0 saturated carbocycles. The lowest BCUT2D eigenvalue weighted by Crippen LogP contribution is -1.53. The number of carbonyl (C=O) groups is 1. The van der Waals surface area contributed by atoms with Gasteiger partial charge in [0.25, 0.3) is 0 Å². The first kappa shape index (κ1) is 9.51. The van der Waals surface area contributed by atoms with E-state index in [4.69, 9.17) is 9.90 Å². The maximum absolute atomic E-state index is 9.16. The Morgan fingerprint density at radius 1 is 1.43 bits per heavy atom.